The third kappa shape index (κ3) is 6.01. The maximum atomic E-state index is 12.0. The van der Waals surface area contributed by atoms with Crippen molar-refractivity contribution >= 4 is 29.2 Å². The van der Waals surface area contributed by atoms with Crippen LogP contribution in [0.1, 0.15) is 20.3 Å². The van der Waals surface area contributed by atoms with Crippen molar-refractivity contribution in [2.45, 2.75) is 26.3 Å². The zero-order valence-electron chi connectivity index (χ0n) is 12.8. The standard InChI is InChI=1S/C16H18ClN3O3/c1-10(2)7-14(16(22)23)20-15(21)11(8-18)9-19-13-6-4-3-5-12(13)17/h3-6,9-10,14,19H,7H2,1-2H3,(H,20,21)(H,22,23)/b11-9-. The van der Waals surface area contributed by atoms with Crippen LogP contribution in [-0.2, 0) is 9.59 Å². The highest BCUT2D eigenvalue weighted by molar-refractivity contribution is 6.33. The predicted octanol–water partition coefficient (Wildman–Crippen LogP) is 2.77. The van der Waals surface area contributed by atoms with Crippen LogP contribution in [-0.4, -0.2) is 23.0 Å². The van der Waals surface area contributed by atoms with E-state index in [2.05, 4.69) is 10.6 Å². The average Bonchev–Trinajstić information content (AvgIpc) is 2.48. The first-order chi connectivity index (χ1) is 10.8. The second-order valence-electron chi connectivity index (χ2n) is 5.29. The Morgan fingerprint density at radius 1 is 1.39 bits per heavy atom. The molecule has 0 fully saturated rings. The predicted molar refractivity (Wildman–Crippen MR) is 87.8 cm³/mol. The van der Waals surface area contributed by atoms with Crippen LogP contribution in [0, 0.1) is 17.2 Å². The van der Waals surface area contributed by atoms with E-state index in [1.54, 1.807) is 30.3 Å². The number of hydrogen-bond acceptors (Lipinski definition) is 4. The van der Waals surface area contributed by atoms with Gasteiger partial charge in [-0.05, 0) is 24.5 Å². The van der Waals surface area contributed by atoms with Gasteiger partial charge in [0.25, 0.3) is 5.91 Å². The van der Waals surface area contributed by atoms with Crippen LogP contribution >= 0.6 is 11.6 Å². The molecule has 6 nitrogen and oxygen atoms in total. The smallest absolute Gasteiger partial charge is 0.326 e. The van der Waals surface area contributed by atoms with Crippen molar-refractivity contribution in [2.24, 2.45) is 5.92 Å². The van der Waals surface area contributed by atoms with Crippen molar-refractivity contribution in [1.29, 1.82) is 5.26 Å². The number of nitrogens with one attached hydrogen (secondary N) is 2. The lowest BCUT2D eigenvalue weighted by Crippen LogP contribution is -2.42. The topological polar surface area (TPSA) is 102 Å². The molecule has 1 aromatic rings. The Morgan fingerprint density at radius 2 is 2.04 bits per heavy atom. The third-order valence-electron chi connectivity index (χ3n) is 2.92. The molecule has 1 atom stereocenters. The number of aliphatic carboxylic acids is 1. The lowest BCUT2D eigenvalue weighted by molar-refractivity contribution is -0.141. The summed E-state index contributed by atoms with van der Waals surface area (Å²) in [5, 5.41) is 23.7. The van der Waals surface area contributed by atoms with Crippen molar-refractivity contribution in [2.75, 3.05) is 5.32 Å². The molecule has 7 heteroatoms. The minimum absolute atomic E-state index is 0.0900. The molecule has 1 amide bonds. The number of carboxylic acid groups (broad SMARTS) is 1. The highest BCUT2D eigenvalue weighted by atomic mass is 35.5. The number of carbonyl (C=O) groups is 2. The van der Waals surface area contributed by atoms with Gasteiger partial charge in [-0.1, -0.05) is 37.6 Å². The molecule has 1 aromatic carbocycles. The van der Waals surface area contributed by atoms with E-state index in [1.807, 2.05) is 13.8 Å². The molecule has 0 aliphatic carbocycles. The Kier molecular flexibility index (Phi) is 7.10. The van der Waals surface area contributed by atoms with E-state index in [1.165, 1.54) is 6.20 Å². The van der Waals surface area contributed by atoms with Gasteiger partial charge in [-0.2, -0.15) is 5.26 Å². The Bertz CT molecular complexity index is 650. The molecule has 23 heavy (non-hydrogen) atoms. The van der Waals surface area contributed by atoms with Gasteiger partial charge < -0.3 is 15.7 Å². The Labute approximate surface area is 139 Å². The Morgan fingerprint density at radius 3 is 2.57 bits per heavy atom. The summed E-state index contributed by atoms with van der Waals surface area (Å²) in [6.45, 7) is 3.70. The maximum absolute atomic E-state index is 12.0. The van der Waals surface area contributed by atoms with Crippen molar-refractivity contribution in [3.8, 4) is 6.07 Å². The molecule has 0 radical (unpaired) electrons. The normalized spacial score (nSPS) is 12.4. The summed E-state index contributed by atoms with van der Waals surface area (Å²) >= 11 is 5.96. The summed E-state index contributed by atoms with van der Waals surface area (Å²) in [6, 6.07) is 7.54. The minimum Gasteiger partial charge on any atom is -0.480 e. The zero-order valence-corrected chi connectivity index (χ0v) is 13.6. The highest BCUT2D eigenvalue weighted by Crippen LogP contribution is 2.20. The van der Waals surface area contributed by atoms with E-state index >= 15 is 0 Å². The van der Waals surface area contributed by atoms with E-state index in [9.17, 15) is 9.59 Å². The lowest BCUT2D eigenvalue weighted by atomic mass is 10.0. The molecule has 1 unspecified atom stereocenters. The molecule has 0 aliphatic heterocycles. The fraction of sp³-hybridized carbons (Fsp3) is 0.312. The number of nitrogens with zero attached hydrogens (tertiary/aromatic N) is 1. The summed E-state index contributed by atoms with van der Waals surface area (Å²) in [7, 11) is 0. The van der Waals surface area contributed by atoms with Crippen LogP contribution in [0.15, 0.2) is 36.0 Å². The summed E-state index contributed by atoms with van der Waals surface area (Å²) in [5.74, 6) is -1.80. The van der Waals surface area contributed by atoms with Crippen LogP contribution in [0.5, 0.6) is 0 Å². The largest absolute Gasteiger partial charge is 0.480 e. The van der Waals surface area contributed by atoms with Crippen molar-refractivity contribution in [1.82, 2.24) is 5.32 Å². The van der Waals surface area contributed by atoms with Gasteiger partial charge in [0.05, 0.1) is 10.7 Å². The van der Waals surface area contributed by atoms with Crippen LogP contribution in [0.4, 0.5) is 5.69 Å². The molecule has 0 saturated carbocycles. The quantitative estimate of drug-likeness (QED) is 0.525. The number of carbonyl (C=O) groups excluding carboxylic acids is 1. The fourth-order valence-corrected chi connectivity index (χ4v) is 2.00. The van der Waals surface area contributed by atoms with Gasteiger partial charge in [0.1, 0.15) is 17.7 Å². The number of nitriles is 1. The third-order valence-corrected chi connectivity index (χ3v) is 3.25. The summed E-state index contributed by atoms with van der Waals surface area (Å²) < 4.78 is 0. The molecule has 0 spiro atoms. The van der Waals surface area contributed by atoms with Crippen molar-refractivity contribution in [3.63, 3.8) is 0 Å². The Balaban J connectivity index is 2.82. The number of benzene rings is 1. The molecule has 0 saturated heterocycles. The first kappa shape index (κ1) is 18.5. The molecule has 0 aliphatic rings. The highest BCUT2D eigenvalue weighted by Gasteiger charge is 2.22. The Hall–Kier alpha value is -2.52. The van der Waals surface area contributed by atoms with Gasteiger partial charge >= 0.3 is 5.97 Å². The van der Waals surface area contributed by atoms with Gasteiger partial charge in [-0.3, -0.25) is 4.79 Å². The van der Waals surface area contributed by atoms with E-state index < -0.39 is 17.9 Å². The molecular formula is C16H18ClN3O3. The van der Waals surface area contributed by atoms with Gasteiger partial charge in [-0.25, -0.2) is 4.79 Å². The molecule has 3 N–H and O–H groups in total. The first-order valence-electron chi connectivity index (χ1n) is 7.00. The van der Waals surface area contributed by atoms with Gasteiger partial charge in [0, 0.05) is 6.20 Å². The number of halogens is 1. The van der Waals surface area contributed by atoms with Gasteiger partial charge in [0.15, 0.2) is 0 Å². The molecule has 122 valence electrons. The minimum atomic E-state index is -1.14. The van der Waals surface area contributed by atoms with E-state index in [0.717, 1.165) is 0 Å². The van der Waals surface area contributed by atoms with Crippen LogP contribution in [0.2, 0.25) is 5.02 Å². The second kappa shape index (κ2) is 8.81. The number of carboxylic acids is 1. The molecule has 0 heterocycles. The second-order valence-corrected chi connectivity index (χ2v) is 5.70. The van der Waals surface area contributed by atoms with Crippen LogP contribution < -0.4 is 10.6 Å². The lowest BCUT2D eigenvalue weighted by Gasteiger charge is -2.16. The molecule has 1 rings (SSSR count). The number of rotatable bonds is 7. The number of hydrogen-bond donors (Lipinski definition) is 3. The number of para-hydroxylation sites is 1. The number of anilines is 1. The van der Waals surface area contributed by atoms with Gasteiger partial charge in [0.2, 0.25) is 0 Å². The van der Waals surface area contributed by atoms with Crippen LogP contribution in [0.3, 0.4) is 0 Å². The summed E-state index contributed by atoms with van der Waals surface area (Å²) in [5.41, 5.74) is 0.298. The SMILES string of the molecule is CC(C)CC(NC(=O)/C(C#N)=C\Nc1ccccc1Cl)C(=O)O. The molecular weight excluding hydrogens is 318 g/mol. The summed E-state index contributed by atoms with van der Waals surface area (Å²) in [6.07, 6.45) is 1.47. The fourth-order valence-electron chi connectivity index (χ4n) is 1.81. The zero-order chi connectivity index (χ0) is 17.4. The van der Waals surface area contributed by atoms with E-state index in [-0.39, 0.29) is 17.9 Å². The van der Waals surface area contributed by atoms with E-state index in [4.69, 9.17) is 22.0 Å². The first-order valence-corrected chi connectivity index (χ1v) is 7.38. The maximum Gasteiger partial charge on any atom is 0.326 e. The average molecular weight is 336 g/mol. The molecule has 0 aromatic heterocycles. The summed E-state index contributed by atoms with van der Waals surface area (Å²) in [4.78, 5) is 23.2. The van der Waals surface area contributed by atoms with E-state index in [0.29, 0.717) is 10.7 Å². The van der Waals surface area contributed by atoms with Gasteiger partial charge in [-0.15, -0.1) is 0 Å². The monoisotopic (exact) mass is 335 g/mol. The van der Waals surface area contributed by atoms with Crippen molar-refractivity contribution in [3.05, 3.63) is 41.1 Å². The van der Waals surface area contributed by atoms with Crippen molar-refractivity contribution < 1.29 is 14.7 Å². The molecule has 0 bridgehead atoms. The van der Waals surface area contributed by atoms with Crippen LogP contribution in [0.25, 0.3) is 0 Å². The number of amides is 1.